The Kier molecular flexibility index (Phi) is 9.08. The number of aliphatic hydroxyl groups is 2. The van der Waals surface area contributed by atoms with E-state index in [-0.39, 0.29) is 12.7 Å². The summed E-state index contributed by atoms with van der Waals surface area (Å²) in [5.74, 6) is 0. The molecule has 2 N–H and O–H groups in total. The average molecular weight is 272 g/mol. The summed E-state index contributed by atoms with van der Waals surface area (Å²) in [6.45, 7) is 2.77. The van der Waals surface area contributed by atoms with Crippen LogP contribution in [0.3, 0.4) is 0 Å². The molecule has 0 bridgehead atoms. The Bertz CT molecular complexity index is 242. The van der Waals surface area contributed by atoms with Crippen molar-refractivity contribution < 1.29 is 19.7 Å². The topological polar surface area (TPSA) is 58.9 Å². The van der Waals surface area contributed by atoms with Crippen LogP contribution in [-0.2, 0) is 9.47 Å². The summed E-state index contributed by atoms with van der Waals surface area (Å²) in [7, 11) is 0. The van der Waals surface area contributed by atoms with Crippen molar-refractivity contribution in [2.45, 2.75) is 70.4 Å². The Morgan fingerprint density at radius 1 is 1.05 bits per heavy atom. The number of rotatable bonds is 10. The summed E-state index contributed by atoms with van der Waals surface area (Å²) in [5, 5.41) is 18.4. The third kappa shape index (κ3) is 7.06. The third-order valence-electron chi connectivity index (χ3n) is 3.38. The second-order valence-corrected chi connectivity index (χ2v) is 5.09. The van der Waals surface area contributed by atoms with Gasteiger partial charge in [0.2, 0.25) is 0 Å². The van der Waals surface area contributed by atoms with Crippen LogP contribution in [0.25, 0.3) is 0 Å². The lowest BCUT2D eigenvalue weighted by molar-refractivity contribution is -0.165. The van der Waals surface area contributed by atoms with E-state index in [0.717, 1.165) is 6.42 Å². The van der Waals surface area contributed by atoms with Crippen molar-refractivity contribution in [1.29, 1.82) is 0 Å². The lowest BCUT2D eigenvalue weighted by Gasteiger charge is -2.28. The van der Waals surface area contributed by atoms with E-state index < -0.39 is 12.4 Å². The molecule has 0 amide bonds. The van der Waals surface area contributed by atoms with Gasteiger partial charge in [0.15, 0.2) is 6.29 Å². The number of aliphatic hydroxyl groups excluding tert-OH is 2. The molecule has 1 aliphatic heterocycles. The van der Waals surface area contributed by atoms with Crippen LogP contribution in [0.1, 0.15) is 51.9 Å². The Balaban J connectivity index is 2.03. The van der Waals surface area contributed by atoms with Gasteiger partial charge < -0.3 is 19.7 Å². The van der Waals surface area contributed by atoms with E-state index in [9.17, 15) is 5.11 Å². The predicted octanol–water partition coefficient (Wildman–Crippen LogP) is 2.39. The summed E-state index contributed by atoms with van der Waals surface area (Å²) in [5.41, 5.74) is 0. The normalized spacial score (nSPS) is 26.8. The van der Waals surface area contributed by atoms with Crippen LogP contribution in [0.4, 0.5) is 0 Å². The second kappa shape index (κ2) is 10.4. The smallest absolute Gasteiger partial charge is 0.174 e. The standard InChI is InChI=1S/C15H28O4/c1-2-3-4-5-6-7-8-11-18-13-9-10-15(17)19-14(13)12-16/h9-10,13-17H,2-8,11-12H2,1H3/t13-,14+,15-/m0/s1. The first kappa shape index (κ1) is 16.6. The van der Waals surface area contributed by atoms with Crippen LogP contribution in [0.2, 0.25) is 0 Å². The van der Waals surface area contributed by atoms with E-state index in [0.29, 0.717) is 6.61 Å². The van der Waals surface area contributed by atoms with Gasteiger partial charge in [-0.3, -0.25) is 0 Å². The maximum atomic E-state index is 9.27. The van der Waals surface area contributed by atoms with Gasteiger partial charge in [-0.1, -0.05) is 51.5 Å². The van der Waals surface area contributed by atoms with Gasteiger partial charge in [-0.05, 0) is 12.5 Å². The molecule has 112 valence electrons. The van der Waals surface area contributed by atoms with Crippen molar-refractivity contribution >= 4 is 0 Å². The molecule has 0 aromatic rings. The number of ether oxygens (including phenoxy) is 2. The predicted molar refractivity (Wildman–Crippen MR) is 74.8 cm³/mol. The summed E-state index contributed by atoms with van der Waals surface area (Å²) < 4.78 is 10.8. The van der Waals surface area contributed by atoms with Crippen molar-refractivity contribution in [2.24, 2.45) is 0 Å². The van der Waals surface area contributed by atoms with Crippen molar-refractivity contribution in [1.82, 2.24) is 0 Å². The van der Waals surface area contributed by atoms with Crippen LogP contribution >= 0.6 is 0 Å². The molecule has 0 aromatic carbocycles. The molecule has 1 rings (SSSR count). The van der Waals surface area contributed by atoms with Gasteiger partial charge in [-0.15, -0.1) is 0 Å². The van der Waals surface area contributed by atoms with Gasteiger partial charge in [-0.2, -0.15) is 0 Å². The minimum absolute atomic E-state index is 0.136. The average Bonchev–Trinajstić information content (AvgIpc) is 2.43. The molecular formula is C15H28O4. The van der Waals surface area contributed by atoms with Crippen LogP contribution < -0.4 is 0 Å². The molecular weight excluding hydrogens is 244 g/mol. The van der Waals surface area contributed by atoms with Crippen LogP contribution in [0.5, 0.6) is 0 Å². The Morgan fingerprint density at radius 2 is 1.74 bits per heavy atom. The van der Waals surface area contributed by atoms with E-state index in [4.69, 9.17) is 14.6 Å². The molecule has 0 radical (unpaired) electrons. The minimum atomic E-state index is -0.921. The number of hydrogen-bond acceptors (Lipinski definition) is 4. The zero-order chi connectivity index (χ0) is 13.9. The molecule has 0 saturated carbocycles. The number of unbranched alkanes of at least 4 members (excludes halogenated alkanes) is 6. The fraction of sp³-hybridized carbons (Fsp3) is 0.867. The monoisotopic (exact) mass is 272 g/mol. The first-order chi connectivity index (χ1) is 9.27. The van der Waals surface area contributed by atoms with Gasteiger partial charge in [-0.25, -0.2) is 0 Å². The molecule has 0 unspecified atom stereocenters. The fourth-order valence-electron chi connectivity index (χ4n) is 2.22. The van der Waals surface area contributed by atoms with Crippen LogP contribution in [0, 0.1) is 0 Å². The van der Waals surface area contributed by atoms with E-state index in [1.165, 1.54) is 38.5 Å². The third-order valence-corrected chi connectivity index (χ3v) is 3.38. The molecule has 0 saturated heterocycles. The molecule has 0 aliphatic carbocycles. The van der Waals surface area contributed by atoms with Crippen molar-refractivity contribution in [3.63, 3.8) is 0 Å². The Labute approximate surface area is 116 Å². The Hall–Kier alpha value is -0.420. The van der Waals surface area contributed by atoms with Crippen LogP contribution in [0.15, 0.2) is 12.2 Å². The molecule has 3 atom stereocenters. The quantitative estimate of drug-likeness (QED) is 0.473. The maximum absolute atomic E-state index is 9.27. The molecule has 4 nitrogen and oxygen atoms in total. The van der Waals surface area contributed by atoms with Gasteiger partial charge in [0, 0.05) is 6.61 Å². The molecule has 0 aromatic heterocycles. The first-order valence-electron chi connectivity index (χ1n) is 7.52. The molecule has 4 heteroatoms. The van der Waals surface area contributed by atoms with Gasteiger partial charge in [0.05, 0.1) is 6.61 Å². The van der Waals surface area contributed by atoms with Crippen molar-refractivity contribution in [2.75, 3.05) is 13.2 Å². The van der Waals surface area contributed by atoms with E-state index in [1.807, 2.05) is 0 Å². The summed E-state index contributed by atoms with van der Waals surface area (Å²) >= 11 is 0. The van der Waals surface area contributed by atoms with Gasteiger partial charge >= 0.3 is 0 Å². The molecule has 1 aliphatic rings. The SMILES string of the molecule is CCCCCCCCCO[C@H]1C=C[C@@H](O)O[C@@H]1CO. The highest BCUT2D eigenvalue weighted by atomic mass is 16.6. The van der Waals surface area contributed by atoms with Gasteiger partial charge in [0.1, 0.15) is 12.2 Å². The molecule has 19 heavy (non-hydrogen) atoms. The zero-order valence-corrected chi connectivity index (χ0v) is 12.0. The second-order valence-electron chi connectivity index (χ2n) is 5.09. The summed E-state index contributed by atoms with van der Waals surface area (Å²) in [4.78, 5) is 0. The number of hydrogen-bond donors (Lipinski definition) is 2. The van der Waals surface area contributed by atoms with Crippen molar-refractivity contribution in [3.8, 4) is 0 Å². The van der Waals surface area contributed by atoms with Gasteiger partial charge in [0.25, 0.3) is 0 Å². The zero-order valence-electron chi connectivity index (χ0n) is 12.0. The van der Waals surface area contributed by atoms with E-state index in [2.05, 4.69) is 6.92 Å². The van der Waals surface area contributed by atoms with Crippen molar-refractivity contribution in [3.05, 3.63) is 12.2 Å². The highest BCUT2D eigenvalue weighted by Gasteiger charge is 2.26. The highest BCUT2D eigenvalue weighted by Crippen LogP contribution is 2.15. The van der Waals surface area contributed by atoms with Crippen LogP contribution in [-0.4, -0.2) is 41.9 Å². The minimum Gasteiger partial charge on any atom is -0.394 e. The molecule has 1 heterocycles. The molecule has 0 fully saturated rings. The van der Waals surface area contributed by atoms with E-state index >= 15 is 0 Å². The summed E-state index contributed by atoms with van der Waals surface area (Å²) in [6.07, 6.45) is 10.5. The largest absolute Gasteiger partial charge is 0.394 e. The lowest BCUT2D eigenvalue weighted by atomic mass is 10.1. The summed E-state index contributed by atoms with van der Waals surface area (Å²) in [6, 6.07) is 0. The Morgan fingerprint density at radius 3 is 2.42 bits per heavy atom. The first-order valence-corrected chi connectivity index (χ1v) is 7.52. The fourth-order valence-corrected chi connectivity index (χ4v) is 2.22. The highest BCUT2D eigenvalue weighted by molar-refractivity contribution is 5.00. The maximum Gasteiger partial charge on any atom is 0.174 e. The van der Waals surface area contributed by atoms with E-state index in [1.54, 1.807) is 12.2 Å². The lowest BCUT2D eigenvalue weighted by Crippen LogP contribution is -2.39. The molecule has 0 spiro atoms.